The summed E-state index contributed by atoms with van der Waals surface area (Å²) in [6, 6.07) is 5.19. The normalized spacial score (nSPS) is 12.1. The van der Waals surface area contributed by atoms with Crippen LogP contribution in [-0.4, -0.2) is 30.0 Å². The monoisotopic (exact) mass is 350 g/mol. The van der Waals surface area contributed by atoms with Crippen molar-refractivity contribution in [3.05, 3.63) is 40.7 Å². The number of benzene rings is 1. The Morgan fingerprint density at radius 3 is 2.42 bits per heavy atom. The van der Waals surface area contributed by atoms with Gasteiger partial charge in [0.25, 0.3) is 5.91 Å². The molecule has 0 bridgehead atoms. The van der Waals surface area contributed by atoms with Crippen LogP contribution in [0.3, 0.4) is 0 Å². The molecule has 1 heterocycles. The molecule has 0 unspecified atom stereocenters. The van der Waals surface area contributed by atoms with Crippen molar-refractivity contribution in [2.75, 3.05) is 7.11 Å². The first-order chi connectivity index (χ1) is 11.3. The maximum absolute atomic E-state index is 13.0. The van der Waals surface area contributed by atoms with Gasteiger partial charge in [0.15, 0.2) is 0 Å². The highest BCUT2D eigenvalue weighted by Crippen LogP contribution is 2.28. The van der Waals surface area contributed by atoms with E-state index in [0.717, 1.165) is 5.56 Å². The van der Waals surface area contributed by atoms with Gasteiger partial charge in [-0.3, -0.25) is 4.79 Å². The van der Waals surface area contributed by atoms with Crippen molar-refractivity contribution >= 4 is 23.2 Å². The fourth-order valence-corrected chi connectivity index (χ4v) is 3.13. The first kappa shape index (κ1) is 18.1. The molecule has 2 rings (SSSR count). The van der Waals surface area contributed by atoms with Crippen molar-refractivity contribution in [1.82, 2.24) is 10.3 Å². The Hall–Kier alpha value is -2.28. The van der Waals surface area contributed by atoms with Gasteiger partial charge in [0.1, 0.15) is 21.7 Å². The maximum Gasteiger partial charge on any atom is 0.328 e. The Balaban J connectivity index is 2.24. The number of amides is 1. The number of halogens is 1. The molecule has 0 aliphatic rings. The van der Waals surface area contributed by atoms with Crippen molar-refractivity contribution in [2.24, 2.45) is 5.92 Å². The summed E-state index contributed by atoms with van der Waals surface area (Å²) in [5, 5.41) is 3.32. The Bertz CT molecular complexity index is 741. The van der Waals surface area contributed by atoms with E-state index in [9.17, 15) is 14.0 Å². The molecule has 0 aliphatic carbocycles. The van der Waals surface area contributed by atoms with E-state index in [4.69, 9.17) is 4.74 Å². The summed E-state index contributed by atoms with van der Waals surface area (Å²) < 4.78 is 17.7. The van der Waals surface area contributed by atoms with Gasteiger partial charge in [-0.1, -0.05) is 13.8 Å². The van der Waals surface area contributed by atoms with E-state index in [1.165, 1.54) is 30.6 Å². The van der Waals surface area contributed by atoms with Gasteiger partial charge in [-0.15, -0.1) is 11.3 Å². The number of hydrogen-bond donors (Lipinski definition) is 1. The summed E-state index contributed by atoms with van der Waals surface area (Å²) in [6.07, 6.45) is 0. The zero-order valence-corrected chi connectivity index (χ0v) is 14.7. The van der Waals surface area contributed by atoms with E-state index < -0.39 is 12.0 Å². The first-order valence-corrected chi connectivity index (χ1v) is 8.27. The number of nitrogens with one attached hydrogen (secondary N) is 1. The Morgan fingerprint density at radius 1 is 1.25 bits per heavy atom. The predicted octanol–water partition coefficient (Wildman–Crippen LogP) is 3.19. The highest BCUT2D eigenvalue weighted by Gasteiger charge is 2.27. The van der Waals surface area contributed by atoms with E-state index in [1.807, 2.05) is 13.8 Å². The van der Waals surface area contributed by atoms with E-state index in [2.05, 4.69) is 10.3 Å². The average molecular weight is 350 g/mol. The molecule has 1 aromatic heterocycles. The number of esters is 1. The lowest BCUT2D eigenvalue weighted by atomic mass is 10.0. The van der Waals surface area contributed by atoms with E-state index in [1.54, 1.807) is 19.1 Å². The van der Waals surface area contributed by atoms with Crippen LogP contribution in [0.25, 0.3) is 10.6 Å². The minimum atomic E-state index is -0.724. The van der Waals surface area contributed by atoms with Gasteiger partial charge in [-0.2, -0.15) is 0 Å². The van der Waals surface area contributed by atoms with Gasteiger partial charge in [-0.25, -0.2) is 14.2 Å². The third-order valence-corrected chi connectivity index (χ3v) is 4.71. The summed E-state index contributed by atoms with van der Waals surface area (Å²) in [4.78, 5) is 29.1. The molecule has 1 aromatic carbocycles. The van der Waals surface area contributed by atoms with Crippen LogP contribution >= 0.6 is 11.3 Å². The fourth-order valence-electron chi connectivity index (χ4n) is 2.15. The number of methoxy groups -OCH3 is 1. The molecule has 24 heavy (non-hydrogen) atoms. The summed E-state index contributed by atoms with van der Waals surface area (Å²) in [6.45, 7) is 5.37. The molecule has 1 atom stereocenters. The molecule has 7 heteroatoms. The Kier molecular flexibility index (Phi) is 5.66. The van der Waals surface area contributed by atoms with Gasteiger partial charge < -0.3 is 10.1 Å². The summed E-state index contributed by atoms with van der Waals surface area (Å²) >= 11 is 1.20. The largest absolute Gasteiger partial charge is 0.467 e. The van der Waals surface area contributed by atoms with Crippen LogP contribution in [0.5, 0.6) is 0 Å². The number of rotatable bonds is 5. The van der Waals surface area contributed by atoms with Gasteiger partial charge in [0, 0.05) is 5.56 Å². The van der Waals surface area contributed by atoms with E-state index in [-0.39, 0.29) is 17.6 Å². The van der Waals surface area contributed by atoms with Gasteiger partial charge in [0.05, 0.1) is 12.8 Å². The second-order valence-electron chi connectivity index (χ2n) is 5.66. The Morgan fingerprint density at radius 2 is 1.88 bits per heavy atom. The zero-order chi connectivity index (χ0) is 17.9. The SMILES string of the molecule is COC(=O)[C@@H](NC(=O)c1sc(-c2ccc(F)cc2)nc1C)C(C)C. The molecule has 128 valence electrons. The lowest BCUT2D eigenvalue weighted by Crippen LogP contribution is -2.44. The quantitative estimate of drug-likeness (QED) is 0.841. The molecular weight excluding hydrogens is 331 g/mol. The molecule has 5 nitrogen and oxygen atoms in total. The molecule has 0 saturated carbocycles. The first-order valence-electron chi connectivity index (χ1n) is 7.45. The summed E-state index contributed by atoms with van der Waals surface area (Å²) in [7, 11) is 1.29. The van der Waals surface area contributed by atoms with Crippen LogP contribution in [0.15, 0.2) is 24.3 Å². The molecule has 1 amide bonds. The smallest absolute Gasteiger partial charge is 0.328 e. The van der Waals surface area contributed by atoms with Crippen LogP contribution in [0.1, 0.15) is 29.2 Å². The van der Waals surface area contributed by atoms with Crippen molar-refractivity contribution in [3.8, 4) is 10.6 Å². The predicted molar refractivity (Wildman–Crippen MR) is 90.4 cm³/mol. The second kappa shape index (κ2) is 7.53. The number of hydrogen-bond acceptors (Lipinski definition) is 5. The second-order valence-corrected chi connectivity index (χ2v) is 6.66. The van der Waals surface area contributed by atoms with Crippen LogP contribution in [0.2, 0.25) is 0 Å². The van der Waals surface area contributed by atoms with Crippen molar-refractivity contribution in [2.45, 2.75) is 26.8 Å². The molecule has 0 saturated heterocycles. The molecule has 0 spiro atoms. The molecule has 1 N–H and O–H groups in total. The fraction of sp³-hybridized carbons (Fsp3) is 0.353. The van der Waals surface area contributed by atoms with Crippen molar-refractivity contribution in [1.29, 1.82) is 0 Å². The van der Waals surface area contributed by atoms with E-state index >= 15 is 0 Å². The molecular formula is C17H19FN2O3S. The van der Waals surface area contributed by atoms with Crippen molar-refractivity contribution in [3.63, 3.8) is 0 Å². The lowest BCUT2D eigenvalue weighted by molar-refractivity contribution is -0.144. The lowest BCUT2D eigenvalue weighted by Gasteiger charge is -2.19. The maximum atomic E-state index is 13.0. The molecule has 2 aromatic rings. The molecule has 0 aliphatic heterocycles. The number of ether oxygens (including phenoxy) is 1. The molecule has 0 fully saturated rings. The highest BCUT2D eigenvalue weighted by molar-refractivity contribution is 7.17. The highest BCUT2D eigenvalue weighted by atomic mass is 32.1. The number of thiazole rings is 1. The van der Waals surface area contributed by atoms with Crippen LogP contribution < -0.4 is 5.32 Å². The standard InChI is InChI=1S/C17H19FN2O3S/c1-9(2)13(17(22)23-4)20-15(21)14-10(3)19-16(24-14)11-5-7-12(18)8-6-11/h5-9,13H,1-4H3,(H,20,21)/t13-/m0/s1. The number of carbonyl (C=O) groups is 2. The molecule has 0 radical (unpaired) electrons. The average Bonchev–Trinajstić information content (AvgIpc) is 2.94. The number of aromatic nitrogens is 1. The van der Waals surface area contributed by atoms with Crippen molar-refractivity contribution < 1.29 is 18.7 Å². The number of aryl methyl sites for hydroxylation is 1. The third kappa shape index (κ3) is 3.97. The van der Waals surface area contributed by atoms with Gasteiger partial charge in [0.2, 0.25) is 0 Å². The number of carbonyl (C=O) groups excluding carboxylic acids is 2. The topological polar surface area (TPSA) is 68.3 Å². The van der Waals surface area contributed by atoms with Crippen LogP contribution in [0, 0.1) is 18.7 Å². The van der Waals surface area contributed by atoms with E-state index in [0.29, 0.717) is 15.6 Å². The van der Waals surface area contributed by atoms with Crippen LogP contribution in [0.4, 0.5) is 4.39 Å². The minimum absolute atomic E-state index is 0.105. The minimum Gasteiger partial charge on any atom is -0.467 e. The van der Waals surface area contributed by atoms with Gasteiger partial charge >= 0.3 is 5.97 Å². The third-order valence-electron chi connectivity index (χ3n) is 3.50. The summed E-state index contributed by atoms with van der Waals surface area (Å²) in [5.41, 5.74) is 1.29. The van der Waals surface area contributed by atoms with Crippen LogP contribution in [-0.2, 0) is 9.53 Å². The van der Waals surface area contributed by atoms with Gasteiger partial charge in [-0.05, 0) is 37.1 Å². The zero-order valence-electron chi connectivity index (χ0n) is 13.9. The Labute approximate surface area is 143 Å². The summed E-state index contributed by atoms with van der Waals surface area (Å²) in [5.74, 6) is -1.30. The number of nitrogens with zero attached hydrogens (tertiary/aromatic N) is 1.